The van der Waals surface area contributed by atoms with Gasteiger partial charge in [0.1, 0.15) is 0 Å². The van der Waals surface area contributed by atoms with E-state index in [9.17, 15) is 0 Å². The van der Waals surface area contributed by atoms with Crippen molar-refractivity contribution in [2.24, 2.45) is 0 Å². The lowest BCUT2D eigenvalue weighted by atomic mass is 10.3. The molecule has 3 aromatic heterocycles. The van der Waals surface area contributed by atoms with Crippen LogP contribution in [0, 0.1) is 0 Å². The third-order valence-corrected chi connectivity index (χ3v) is 6.55. The highest BCUT2D eigenvalue weighted by atomic mass is 32.1. The maximum absolute atomic E-state index is 5.54. The van der Waals surface area contributed by atoms with Gasteiger partial charge in [0.25, 0.3) is 0 Å². The number of hydrogen-bond acceptors (Lipinski definition) is 8. The molecule has 0 bridgehead atoms. The Morgan fingerprint density at radius 2 is 1.93 bits per heavy atom. The maximum Gasteiger partial charge on any atom is 0.165 e. The molecule has 0 radical (unpaired) electrons. The summed E-state index contributed by atoms with van der Waals surface area (Å²) in [5.74, 6) is 1.76. The molecule has 5 heterocycles. The van der Waals surface area contributed by atoms with Crippen LogP contribution in [0.5, 0.6) is 0 Å². The van der Waals surface area contributed by atoms with E-state index >= 15 is 0 Å². The number of rotatable bonds is 4. The zero-order chi connectivity index (χ0) is 18.9. The molecule has 2 saturated heterocycles. The molecule has 2 aliphatic heterocycles. The molecule has 28 heavy (non-hydrogen) atoms. The second kappa shape index (κ2) is 7.75. The minimum absolute atomic E-state index is 0.728. The number of aromatic amines is 1. The van der Waals surface area contributed by atoms with Gasteiger partial charge in [0, 0.05) is 56.9 Å². The molecule has 0 atom stereocenters. The number of ether oxygens (including phenoxy) is 1. The number of H-pyrrole nitrogens is 1. The van der Waals surface area contributed by atoms with Crippen LogP contribution in [-0.4, -0.2) is 89.5 Å². The van der Waals surface area contributed by atoms with Crippen molar-refractivity contribution in [3.8, 4) is 11.4 Å². The second-order valence-electron chi connectivity index (χ2n) is 7.46. The van der Waals surface area contributed by atoms with Crippen molar-refractivity contribution in [2.45, 2.75) is 6.54 Å². The largest absolute Gasteiger partial charge is 0.378 e. The van der Waals surface area contributed by atoms with E-state index < -0.39 is 0 Å². The average molecular weight is 400 g/mol. The summed E-state index contributed by atoms with van der Waals surface area (Å²) >= 11 is 1.83. The van der Waals surface area contributed by atoms with Gasteiger partial charge in [0.2, 0.25) is 0 Å². The van der Waals surface area contributed by atoms with Crippen molar-refractivity contribution >= 4 is 27.4 Å². The number of morpholine rings is 1. The lowest BCUT2D eigenvalue weighted by molar-refractivity contribution is 0.122. The molecule has 0 saturated carbocycles. The number of hydrogen-bond donors (Lipinski definition) is 1. The molecule has 0 aliphatic carbocycles. The molecule has 2 aliphatic rings. The Morgan fingerprint density at radius 3 is 2.68 bits per heavy atom. The fourth-order valence-electron chi connectivity index (χ4n) is 3.76. The first-order valence-electron chi connectivity index (χ1n) is 9.79. The first-order valence-corrected chi connectivity index (χ1v) is 10.6. The molecule has 0 spiro atoms. The normalized spacial score (nSPS) is 19.5. The minimum atomic E-state index is 0.728. The summed E-state index contributed by atoms with van der Waals surface area (Å²) in [7, 11) is 2.19. The molecule has 1 N–H and O–H groups in total. The average Bonchev–Trinajstić information content (AvgIpc) is 3.39. The van der Waals surface area contributed by atoms with Gasteiger partial charge in [-0.1, -0.05) is 0 Å². The van der Waals surface area contributed by atoms with Gasteiger partial charge >= 0.3 is 0 Å². The molecular weight excluding hydrogens is 374 g/mol. The number of thiophene rings is 1. The summed E-state index contributed by atoms with van der Waals surface area (Å²) in [5, 5.41) is 6.93. The monoisotopic (exact) mass is 399 g/mol. The lowest BCUT2D eigenvalue weighted by Crippen LogP contribution is -2.43. The van der Waals surface area contributed by atoms with Gasteiger partial charge in [-0.3, -0.25) is 10.00 Å². The van der Waals surface area contributed by atoms with Crippen molar-refractivity contribution in [3.63, 3.8) is 0 Å². The maximum atomic E-state index is 5.54. The topological polar surface area (TPSA) is 73.4 Å². The zero-order valence-electron chi connectivity index (χ0n) is 16.1. The fourth-order valence-corrected chi connectivity index (χ4v) is 4.92. The van der Waals surface area contributed by atoms with Crippen molar-refractivity contribution < 1.29 is 4.74 Å². The molecule has 9 heteroatoms. The highest BCUT2D eigenvalue weighted by Gasteiger charge is 2.21. The van der Waals surface area contributed by atoms with Crippen LogP contribution in [0.15, 0.2) is 18.5 Å². The fraction of sp³-hybridized carbons (Fsp3) is 0.526. The summed E-state index contributed by atoms with van der Waals surface area (Å²) in [6, 6.07) is 2.24. The van der Waals surface area contributed by atoms with Crippen molar-refractivity contribution in [3.05, 3.63) is 23.3 Å². The van der Waals surface area contributed by atoms with Crippen LogP contribution >= 0.6 is 11.3 Å². The number of nitrogens with one attached hydrogen (secondary N) is 1. The lowest BCUT2D eigenvalue weighted by Gasteiger charge is -2.31. The summed E-state index contributed by atoms with van der Waals surface area (Å²) < 4.78 is 6.72. The molecule has 0 unspecified atom stereocenters. The number of piperazine rings is 1. The van der Waals surface area contributed by atoms with E-state index in [0.29, 0.717) is 0 Å². The van der Waals surface area contributed by atoms with E-state index in [1.54, 1.807) is 6.20 Å². The predicted molar refractivity (Wildman–Crippen MR) is 111 cm³/mol. The van der Waals surface area contributed by atoms with E-state index in [0.717, 1.165) is 81.7 Å². The molecule has 0 amide bonds. The summed E-state index contributed by atoms with van der Waals surface area (Å²) in [6.07, 6.45) is 3.63. The molecular formula is C19H25N7OS. The molecule has 0 aromatic carbocycles. The molecule has 5 rings (SSSR count). The van der Waals surface area contributed by atoms with Crippen molar-refractivity contribution in [1.82, 2.24) is 30.0 Å². The van der Waals surface area contributed by atoms with Gasteiger partial charge in [0.15, 0.2) is 11.6 Å². The molecule has 148 valence electrons. The van der Waals surface area contributed by atoms with Crippen LogP contribution in [0.2, 0.25) is 0 Å². The Labute approximate surface area is 168 Å². The zero-order valence-corrected chi connectivity index (χ0v) is 16.9. The Morgan fingerprint density at radius 1 is 1.11 bits per heavy atom. The Bertz CT molecular complexity index is 927. The highest BCUT2D eigenvalue weighted by molar-refractivity contribution is 7.19. The molecule has 2 fully saturated rings. The summed E-state index contributed by atoms with van der Waals surface area (Å²) in [5.41, 5.74) is 1.95. The Balaban J connectivity index is 1.50. The smallest absolute Gasteiger partial charge is 0.165 e. The van der Waals surface area contributed by atoms with Gasteiger partial charge < -0.3 is 14.5 Å². The van der Waals surface area contributed by atoms with Crippen molar-refractivity contribution in [1.29, 1.82) is 0 Å². The van der Waals surface area contributed by atoms with Crippen LogP contribution in [0.4, 0.5) is 5.82 Å². The van der Waals surface area contributed by atoms with Gasteiger partial charge in [-0.15, -0.1) is 11.3 Å². The minimum Gasteiger partial charge on any atom is -0.378 e. The van der Waals surface area contributed by atoms with E-state index in [2.05, 4.69) is 38.0 Å². The van der Waals surface area contributed by atoms with Crippen LogP contribution in [-0.2, 0) is 11.3 Å². The standard InChI is InChI=1S/C19H25N7OS/c1-24-2-4-25(5-3-24)13-15-10-16-17(28-15)19(26-6-8-27-9-7-26)23-18(22-16)14-11-20-21-12-14/h10-12H,2-9,13H2,1H3,(H,20,21). The van der Waals surface area contributed by atoms with Crippen LogP contribution < -0.4 is 4.90 Å². The number of likely N-dealkylation sites (N-methyl/N-ethyl adjacent to an activating group) is 1. The summed E-state index contributed by atoms with van der Waals surface area (Å²) in [6.45, 7) is 8.70. The summed E-state index contributed by atoms with van der Waals surface area (Å²) in [4.78, 5) is 18.4. The first-order chi connectivity index (χ1) is 13.8. The number of nitrogens with zero attached hydrogens (tertiary/aromatic N) is 6. The van der Waals surface area contributed by atoms with E-state index in [1.807, 2.05) is 17.5 Å². The molecule has 3 aromatic rings. The second-order valence-corrected chi connectivity index (χ2v) is 8.60. The van der Waals surface area contributed by atoms with E-state index in [4.69, 9.17) is 14.7 Å². The van der Waals surface area contributed by atoms with Gasteiger partial charge in [-0.25, -0.2) is 9.97 Å². The van der Waals surface area contributed by atoms with E-state index in [1.165, 1.54) is 9.58 Å². The molecule has 8 nitrogen and oxygen atoms in total. The predicted octanol–water partition coefficient (Wildman–Crippen LogP) is 1.67. The first kappa shape index (κ1) is 18.0. The third-order valence-electron chi connectivity index (χ3n) is 5.45. The van der Waals surface area contributed by atoms with Gasteiger partial charge in [0.05, 0.1) is 35.2 Å². The van der Waals surface area contributed by atoms with Crippen LogP contribution in [0.1, 0.15) is 4.88 Å². The van der Waals surface area contributed by atoms with E-state index in [-0.39, 0.29) is 0 Å². The van der Waals surface area contributed by atoms with Crippen LogP contribution in [0.25, 0.3) is 21.6 Å². The third kappa shape index (κ3) is 3.62. The Hall–Kier alpha value is -2.07. The van der Waals surface area contributed by atoms with Gasteiger partial charge in [-0.05, 0) is 13.1 Å². The number of fused-ring (bicyclic) bond motifs is 1. The van der Waals surface area contributed by atoms with Crippen molar-refractivity contribution in [2.75, 3.05) is 64.4 Å². The SMILES string of the molecule is CN1CCN(Cc2cc3nc(-c4cn[nH]c4)nc(N4CCOCC4)c3s2)CC1. The highest BCUT2D eigenvalue weighted by Crippen LogP contribution is 2.34. The van der Waals surface area contributed by atoms with Crippen LogP contribution in [0.3, 0.4) is 0 Å². The Kier molecular flexibility index (Phi) is 4.98. The number of anilines is 1. The number of aromatic nitrogens is 4. The van der Waals surface area contributed by atoms with Gasteiger partial charge in [-0.2, -0.15) is 5.10 Å². The quantitative estimate of drug-likeness (QED) is 0.715.